The van der Waals surface area contributed by atoms with E-state index in [4.69, 9.17) is 0 Å². The van der Waals surface area contributed by atoms with Gasteiger partial charge in [0.15, 0.2) is 0 Å². The molecule has 0 saturated heterocycles. The molecule has 1 heterocycles. The molecule has 0 aliphatic rings. The van der Waals surface area contributed by atoms with Gasteiger partial charge in [0.05, 0.1) is 0 Å². The van der Waals surface area contributed by atoms with Crippen LogP contribution in [0.3, 0.4) is 0 Å². The van der Waals surface area contributed by atoms with E-state index in [2.05, 4.69) is 31.5 Å². The fourth-order valence-electron chi connectivity index (χ4n) is 1.79. The average molecular weight is 352 g/mol. The third-order valence-electron chi connectivity index (χ3n) is 2.85. The van der Waals surface area contributed by atoms with Crippen LogP contribution in [0.15, 0.2) is 41.0 Å². The van der Waals surface area contributed by atoms with Crippen molar-refractivity contribution in [3.05, 3.63) is 57.9 Å². The number of aryl methyl sites for hydroxylation is 1. The summed E-state index contributed by atoms with van der Waals surface area (Å²) in [6.45, 7) is 2.97. The van der Waals surface area contributed by atoms with Gasteiger partial charge in [0.25, 0.3) is 5.91 Å². The van der Waals surface area contributed by atoms with Crippen molar-refractivity contribution in [1.82, 2.24) is 10.3 Å². The molecule has 1 aromatic carbocycles. The third kappa shape index (κ3) is 4.53. The first kappa shape index (κ1) is 15.4. The second kappa shape index (κ2) is 7.17. The molecule has 2 aromatic rings. The van der Waals surface area contributed by atoms with Gasteiger partial charge in [-0.25, -0.2) is 9.37 Å². The zero-order valence-corrected chi connectivity index (χ0v) is 13.1. The molecule has 0 bridgehead atoms. The van der Waals surface area contributed by atoms with Gasteiger partial charge in [-0.1, -0.05) is 0 Å². The van der Waals surface area contributed by atoms with Crippen LogP contribution < -0.4 is 10.6 Å². The highest BCUT2D eigenvalue weighted by molar-refractivity contribution is 9.10. The van der Waals surface area contributed by atoms with Crippen molar-refractivity contribution >= 4 is 27.7 Å². The smallest absolute Gasteiger partial charge is 0.251 e. The minimum absolute atomic E-state index is 0.225. The molecule has 0 fully saturated rings. The van der Waals surface area contributed by atoms with Crippen molar-refractivity contribution in [2.24, 2.45) is 0 Å². The van der Waals surface area contributed by atoms with Gasteiger partial charge in [-0.15, -0.1) is 0 Å². The molecule has 0 saturated carbocycles. The summed E-state index contributed by atoms with van der Waals surface area (Å²) in [6.07, 6.45) is 1.71. The van der Waals surface area contributed by atoms with Gasteiger partial charge >= 0.3 is 0 Å². The van der Waals surface area contributed by atoms with Crippen LogP contribution in [0, 0.1) is 12.7 Å². The van der Waals surface area contributed by atoms with E-state index in [1.165, 1.54) is 24.3 Å². The lowest BCUT2D eigenvalue weighted by Crippen LogP contribution is -2.29. The summed E-state index contributed by atoms with van der Waals surface area (Å²) in [5.41, 5.74) is 1.46. The topological polar surface area (TPSA) is 54.0 Å². The Morgan fingerprint density at radius 3 is 2.67 bits per heavy atom. The molecule has 4 nitrogen and oxygen atoms in total. The summed E-state index contributed by atoms with van der Waals surface area (Å²) >= 11 is 3.35. The number of amides is 1. The number of carbonyl (C=O) groups is 1. The summed E-state index contributed by atoms with van der Waals surface area (Å²) in [5, 5.41) is 5.91. The van der Waals surface area contributed by atoms with E-state index in [1.54, 1.807) is 6.20 Å². The van der Waals surface area contributed by atoms with Crippen molar-refractivity contribution in [3.8, 4) is 0 Å². The maximum atomic E-state index is 12.8. The van der Waals surface area contributed by atoms with Gasteiger partial charge in [0, 0.05) is 29.3 Å². The van der Waals surface area contributed by atoms with Gasteiger partial charge in [0.2, 0.25) is 0 Å². The van der Waals surface area contributed by atoms with Crippen molar-refractivity contribution in [2.75, 3.05) is 18.4 Å². The maximum Gasteiger partial charge on any atom is 0.251 e. The van der Waals surface area contributed by atoms with Crippen LogP contribution in [0.4, 0.5) is 10.2 Å². The van der Waals surface area contributed by atoms with Gasteiger partial charge in [-0.3, -0.25) is 4.79 Å². The van der Waals surface area contributed by atoms with Gasteiger partial charge < -0.3 is 10.6 Å². The largest absolute Gasteiger partial charge is 0.368 e. The van der Waals surface area contributed by atoms with E-state index in [1.807, 2.05) is 13.0 Å². The minimum Gasteiger partial charge on any atom is -0.368 e. The van der Waals surface area contributed by atoms with Gasteiger partial charge in [-0.2, -0.15) is 0 Å². The number of nitrogens with one attached hydrogen (secondary N) is 2. The number of aromatic nitrogens is 1. The lowest BCUT2D eigenvalue weighted by atomic mass is 10.2. The van der Waals surface area contributed by atoms with Crippen molar-refractivity contribution < 1.29 is 9.18 Å². The van der Waals surface area contributed by atoms with E-state index in [-0.39, 0.29) is 11.7 Å². The lowest BCUT2D eigenvalue weighted by Gasteiger charge is -2.09. The van der Waals surface area contributed by atoms with Gasteiger partial charge in [-0.05, 0) is 58.7 Å². The Balaban J connectivity index is 1.79. The SMILES string of the molecule is Cc1cc(Br)cnc1NCCNC(=O)c1ccc(F)cc1. The Bertz CT molecular complexity index is 631. The maximum absolute atomic E-state index is 12.8. The molecule has 0 aliphatic carbocycles. The fraction of sp³-hybridized carbons (Fsp3) is 0.200. The first-order valence-electron chi connectivity index (χ1n) is 6.46. The molecule has 0 unspecified atom stereocenters. The minimum atomic E-state index is -0.356. The van der Waals surface area contributed by atoms with E-state index in [0.717, 1.165) is 15.9 Å². The van der Waals surface area contributed by atoms with E-state index in [0.29, 0.717) is 18.7 Å². The first-order chi connectivity index (χ1) is 10.1. The highest BCUT2D eigenvalue weighted by Crippen LogP contribution is 2.16. The summed E-state index contributed by atoms with van der Waals surface area (Å²) in [7, 11) is 0. The molecule has 0 atom stereocenters. The zero-order chi connectivity index (χ0) is 15.2. The number of anilines is 1. The van der Waals surface area contributed by atoms with Crippen LogP contribution in [-0.4, -0.2) is 24.0 Å². The molecule has 110 valence electrons. The van der Waals surface area contributed by atoms with Crippen LogP contribution in [0.2, 0.25) is 0 Å². The van der Waals surface area contributed by atoms with E-state index >= 15 is 0 Å². The number of hydrogen-bond donors (Lipinski definition) is 2. The number of pyridine rings is 1. The normalized spacial score (nSPS) is 10.2. The Kier molecular flexibility index (Phi) is 5.27. The summed E-state index contributed by atoms with van der Waals surface area (Å²) < 4.78 is 13.7. The quantitative estimate of drug-likeness (QED) is 0.813. The van der Waals surface area contributed by atoms with Crippen molar-refractivity contribution in [1.29, 1.82) is 0 Å². The summed E-state index contributed by atoms with van der Waals surface area (Å²) in [4.78, 5) is 16.0. The summed E-state index contributed by atoms with van der Waals surface area (Å²) in [5.74, 6) is 0.205. The molecule has 1 aromatic heterocycles. The average Bonchev–Trinajstić information content (AvgIpc) is 2.46. The number of halogens is 2. The number of nitrogens with zero attached hydrogens (tertiary/aromatic N) is 1. The molecule has 1 amide bonds. The van der Waals surface area contributed by atoms with Crippen LogP contribution in [0.1, 0.15) is 15.9 Å². The molecule has 2 N–H and O–H groups in total. The van der Waals surface area contributed by atoms with Crippen LogP contribution in [0.25, 0.3) is 0 Å². The number of hydrogen-bond acceptors (Lipinski definition) is 3. The molecule has 6 heteroatoms. The van der Waals surface area contributed by atoms with Gasteiger partial charge in [0.1, 0.15) is 11.6 Å². The number of benzene rings is 1. The van der Waals surface area contributed by atoms with Crippen molar-refractivity contribution in [3.63, 3.8) is 0 Å². The highest BCUT2D eigenvalue weighted by Gasteiger charge is 2.05. The Labute approximate surface area is 130 Å². The first-order valence-corrected chi connectivity index (χ1v) is 7.25. The second-order valence-electron chi connectivity index (χ2n) is 4.51. The van der Waals surface area contributed by atoms with Crippen LogP contribution in [-0.2, 0) is 0 Å². The van der Waals surface area contributed by atoms with Crippen LogP contribution >= 0.6 is 15.9 Å². The molecule has 2 rings (SSSR count). The predicted molar refractivity (Wildman–Crippen MR) is 83.9 cm³/mol. The highest BCUT2D eigenvalue weighted by atomic mass is 79.9. The predicted octanol–water partition coefficient (Wildman–Crippen LogP) is 3.13. The molecule has 0 aliphatic heterocycles. The Hall–Kier alpha value is -1.95. The second-order valence-corrected chi connectivity index (χ2v) is 5.42. The molecule has 0 spiro atoms. The Morgan fingerprint density at radius 2 is 2.00 bits per heavy atom. The molecule has 0 radical (unpaired) electrons. The molecular weight excluding hydrogens is 337 g/mol. The van der Waals surface area contributed by atoms with Crippen LogP contribution in [0.5, 0.6) is 0 Å². The monoisotopic (exact) mass is 351 g/mol. The zero-order valence-electron chi connectivity index (χ0n) is 11.5. The standard InChI is InChI=1S/C15H15BrFN3O/c1-10-8-12(16)9-20-14(10)18-6-7-19-15(21)11-2-4-13(17)5-3-11/h2-5,8-9H,6-7H2,1H3,(H,18,20)(H,19,21). The van der Waals surface area contributed by atoms with Crippen molar-refractivity contribution in [2.45, 2.75) is 6.92 Å². The van der Waals surface area contributed by atoms with E-state index < -0.39 is 0 Å². The lowest BCUT2D eigenvalue weighted by molar-refractivity contribution is 0.0955. The number of carbonyl (C=O) groups excluding carboxylic acids is 1. The third-order valence-corrected chi connectivity index (χ3v) is 3.29. The fourth-order valence-corrected chi connectivity index (χ4v) is 2.23. The Morgan fingerprint density at radius 1 is 1.29 bits per heavy atom. The van der Waals surface area contributed by atoms with E-state index in [9.17, 15) is 9.18 Å². The number of rotatable bonds is 5. The molecule has 21 heavy (non-hydrogen) atoms. The summed E-state index contributed by atoms with van der Waals surface area (Å²) in [6, 6.07) is 7.41. The molecular formula is C15H15BrFN3O.